The summed E-state index contributed by atoms with van der Waals surface area (Å²) in [6, 6.07) is 0. The van der Waals surface area contributed by atoms with Crippen LogP contribution in [0.5, 0.6) is 0 Å². The van der Waals surface area contributed by atoms with E-state index in [1.165, 1.54) is 34.6 Å². The van der Waals surface area contributed by atoms with Gasteiger partial charge >= 0.3 is 10.4 Å². The quantitative estimate of drug-likeness (QED) is 0.288. The van der Waals surface area contributed by atoms with E-state index in [4.69, 9.17) is 18.9 Å². The minimum Gasteiger partial charge on any atom is -0.486 e. The Morgan fingerprint density at radius 1 is 1.09 bits per heavy atom. The minimum atomic E-state index is -5.04. The van der Waals surface area contributed by atoms with E-state index in [0.29, 0.717) is 6.42 Å². The molecule has 0 aromatic heterocycles. The molecule has 4 unspecified atom stereocenters. The number of aliphatic hydroxyl groups excluding tert-OH is 2. The van der Waals surface area contributed by atoms with Crippen LogP contribution < -0.4 is 0 Å². The van der Waals surface area contributed by atoms with Crippen LogP contribution in [0, 0.1) is 0 Å². The highest BCUT2D eigenvalue weighted by Gasteiger charge is 2.72. The fourth-order valence-corrected chi connectivity index (χ4v) is 5.48. The first-order valence-electron chi connectivity index (χ1n) is 10.8. The molecule has 2 rings (SSSR count). The summed E-state index contributed by atoms with van der Waals surface area (Å²) >= 11 is 0. The summed E-state index contributed by atoms with van der Waals surface area (Å²) in [5.74, 6) is -2.17. The second kappa shape index (κ2) is 8.61. The van der Waals surface area contributed by atoms with Crippen molar-refractivity contribution in [1.82, 2.24) is 0 Å². The molecule has 2 aliphatic heterocycles. The molecule has 0 amide bonds. The second-order valence-electron chi connectivity index (χ2n) is 9.98. The molecule has 200 valence electrons. The number of methoxy groups -OCH3 is 1. The maximum atomic E-state index is 11.6. The predicted molar refractivity (Wildman–Crippen MR) is 118 cm³/mol. The minimum absolute atomic E-state index is 0.0682. The lowest BCUT2D eigenvalue weighted by molar-refractivity contribution is -0.428. The molecule has 0 bridgehead atoms. The van der Waals surface area contributed by atoms with Crippen molar-refractivity contribution < 1.29 is 56.5 Å². The van der Waals surface area contributed by atoms with E-state index in [9.17, 15) is 33.4 Å². The Balaban J connectivity index is 2.60. The van der Waals surface area contributed by atoms with Gasteiger partial charge in [-0.2, -0.15) is 8.42 Å². The molecule has 0 radical (unpaired) electrons. The SMILES string of the molecule is C=C1O[C@](C)(CC)C(C)(O)C(C)(O)[C@@]1(C)O[C@]1(C)OC(CO)[C@H](OS(=O)(=O)O)[C@@](C)(OC)C1O. The first kappa shape index (κ1) is 29.4. The molecule has 0 saturated carbocycles. The van der Waals surface area contributed by atoms with Gasteiger partial charge in [-0.1, -0.05) is 13.5 Å². The fourth-order valence-electron chi connectivity index (χ4n) is 4.90. The van der Waals surface area contributed by atoms with E-state index in [1.54, 1.807) is 13.8 Å². The summed E-state index contributed by atoms with van der Waals surface area (Å²) in [6.45, 7) is 13.1. The topological polar surface area (TPSA) is 181 Å². The average Bonchev–Trinajstić information content (AvgIpc) is 2.71. The van der Waals surface area contributed by atoms with Crippen LogP contribution in [0.3, 0.4) is 0 Å². The first-order chi connectivity index (χ1) is 15.1. The molecule has 2 saturated heterocycles. The average molecular weight is 515 g/mol. The molecule has 0 spiro atoms. The largest absolute Gasteiger partial charge is 0.486 e. The standard InChI is InChI=1S/C21H38O12S/c1-10-16(3)20(7,24)21(8,25)18(5,12(2)30-16)33-19(6)15(23)17(4,29-9)14(13(11-22)31-19)32-34(26,27)28/h13-15,22-25H,2,10-11H2,1,3-9H3,(H,26,27,28)/t13?,14-,15?,16+,17+,18-,19-,20?,21?/m0/s1. The van der Waals surface area contributed by atoms with Gasteiger partial charge in [-0.25, -0.2) is 4.18 Å². The highest BCUT2D eigenvalue weighted by atomic mass is 32.3. The van der Waals surface area contributed by atoms with Gasteiger partial charge in [0, 0.05) is 7.11 Å². The number of aliphatic hydroxyl groups is 4. The highest BCUT2D eigenvalue weighted by molar-refractivity contribution is 7.80. The smallest absolute Gasteiger partial charge is 0.397 e. The molecule has 13 heteroatoms. The number of hydrogen-bond donors (Lipinski definition) is 5. The second-order valence-corrected chi connectivity index (χ2v) is 11.0. The molecule has 0 aliphatic carbocycles. The van der Waals surface area contributed by atoms with Gasteiger partial charge in [-0.3, -0.25) is 4.55 Å². The molecular formula is C21H38O12S. The van der Waals surface area contributed by atoms with Crippen molar-refractivity contribution in [3.05, 3.63) is 12.3 Å². The summed E-state index contributed by atoms with van der Waals surface area (Å²) in [6.07, 6.45) is -4.67. The molecule has 0 aromatic rings. The van der Waals surface area contributed by atoms with Gasteiger partial charge in [-0.05, 0) is 48.0 Å². The Bertz CT molecular complexity index is 903. The molecule has 9 atom stereocenters. The highest BCUT2D eigenvalue weighted by Crippen LogP contribution is 2.55. The zero-order chi connectivity index (χ0) is 26.8. The van der Waals surface area contributed by atoms with Crippen molar-refractivity contribution in [2.24, 2.45) is 0 Å². The van der Waals surface area contributed by atoms with Crippen molar-refractivity contribution in [2.45, 2.75) is 107 Å². The number of rotatable bonds is 7. The lowest BCUT2D eigenvalue weighted by Gasteiger charge is -2.63. The van der Waals surface area contributed by atoms with Gasteiger partial charge in [0.2, 0.25) is 0 Å². The molecule has 2 fully saturated rings. The van der Waals surface area contributed by atoms with Crippen molar-refractivity contribution in [1.29, 1.82) is 0 Å². The molecule has 2 heterocycles. The summed E-state index contributed by atoms with van der Waals surface area (Å²) < 4.78 is 60.0. The van der Waals surface area contributed by atoms with Gasteiger partial charge < -0.3 is 39.4 Å². The summed E-state index contributed by atoms with van der Waals surface area (Å²) in [5.41, 5.74) is -9.00. The monoisotopic (exact) mass is 514 g/mol. The van der Waals surface area contributed by atoms with E-state index >= 15 is 0 Å². The zero-order valence-electron chi connectivity index (χ0n) is 20.9. The van der Waals surface area contributed by atoms with E-state index in [1.807, 2.05) is 0 Å². The summed E-state index contributed by atoms with van der Waals surface area (Å²) in [7, 11) is -3.88. The number of ether oxygens (including phenoxy) is 4. The van der Waals surface area contributed by atoms with Crippen molar-refractivity contribution in [3.8, 4) is 0 Å². The van der Waals surface area contributed by atoms with E-state index < -0.39 is 69.1 Å². The van der Waals surface area contributed by atoms with Crippen molar-refractivity contribution in [3.63, 3.8) is 0 Å². The Labute approximate surface area is 200 Å². The van der Waals surface area contributed by atoms with Gasteiger partial charge in [0.05, 0.1) is 6.61 Å². The molecule has 0 aromatic carbocycles. The van der Waals surface area contributed by atoms with Gasteiger partial charge in [-0.15, -0.1) is 0 Å². The van der Waals surface area contributed by atoms with Crippen LogP contribution in [0.15, 0.2) is 12.3 Å². The van der Waals surface area contributed by atoms with E-state index in [2.05, 4.69) is 10.8 Å². The summed E-state index contributed by atoms with van der Waals surface area (Å²) in [5, 5.41) is 44.2. The van der Waals surface area contributed by atoms with Crippen LogP contribution in [-0.4, -0.2) is 99.2 Å². The zero-order valence-corrected chi connectivity index (χ0v) is 21.7. The fraction of sp³-hybridized carbons (Fsp3) is 0.905. The van der Waals surface area contributed by atoms with Crippen molar-refractivity contribution in [2.75, 3.05) is 13.7 Å². The van der Waals surface area contributed by atoms with Gasteiger partial charge in [0.1, 0.15) is 46.5 Å². The normalized spacial score (nSPS) is 50.1. The molecular weight excluding hydrogens is 476 g/mol. The predicted octanol–water partition coefficient (Wildman–Crippen LogP) is 0.0376. The third-order valence-corrected chi connectivity index (χ3v) is 8.49. The van der Waals surface area contributed by atoms with Crippen molar-refractivity contribution >= 4 is 10.4 Å². The lowest BCUT2D eigenvalue weighted by Crippen LogP contribution is -2.80. The molecule has 2 aliphatic rings. The molecule has 34 heavy (non-hydrogen) atoms. The third-order valence-electron chi connectivity index (χ3n) is 8.04. The molecule has 5 N–H and O–H groups in total. The molecule has 12 nitrogen and oxygen atoms in total. The third kappa shape index (κ3) is 4.09. The Morgan fingerprint density at radius 3 is 2.03 bits per heavy atom. The Kier molecular flexibility index (Phi) is 7.44. The van der Waals surface area contributed by atoms with Crippen LogP contribution in [-0.2, 0) is 33.5 Å². The maximum absolute atomic E-state index is 11.6. The van der Waals surface area contributed by atoms with Gasteiger partial charge in [0.15, 0.2) is 11.4 Å². The van der Waals surface area contributed by atoms with Crippen LogP contribution in [0.2, 0.25) is 0 Å². The van der Waals surface area contributed by atoms with Crippen LogP contribution in [0.1, 0.15) is 54.9 Å². The van der Waals surface area contributed by atoms with E-state index in [-0.39, 0.29) is 5.76 Å². The lowest BCUT2D eigenvalue weighted by atomic mass is 9.62. The van der Waals surface area contributed by atoms with Gasteiger partial charge in [0.25, 0.3) is 0 Å². The first-order valence-corrected chi connectivity index (χ1v) is 12.2. The maximum Gasteiger partial charge on any atom is 0.397 e. The van der Waals surface area contributed by atoms with E-state index in [0.717, 1.165) is 7.11 Å². The number of hydrogen-bond acceptors (Lipinski definition) is 11. The van der Waals surface area contributed by atoms with Crippen LogP contribution in [0.25, 0.3) is 0 Å². The van der Waals surface area contributed by atoms with Crippen LogP contribution in [0.4, 0.5) is 0 Å². The summed E-state index contributed by atoms with van der Waals surface area (Å²) in [4.78, 5) is 0. The Morgan fingerprint density at radius 2 is 1.62 bits per heavy atom. The Hall–Kier alpha value is -0.870. The van der Waals surface area contributed by atoms with Crippen LogP contribution >= 0.6 is 0 Å².